The summed E-state index contributed by atoms with van der Waals surface area (Å²) in [6, 6.07) is 0. The van der Waals surface area contributed by atoms with Crippen molar-refractivity contribution in [2.75, 3.05) is 0 Å². The van der Waals surface area contributed by atoms with Crippen LogP contribution in [0.4, 0.5) is 0 Å². The zero-order chi connectivity index (χ0) is 6.41. The van der Waals surface area contributed by atoms with Gasteiger partial charge in [-0.05, 0) is 6.42 Å². The van der Waals surface area contributed by atoms with Gasteiger partial charge in [0.2, 0.25) is 5.52 Å². The van der Waals surface area contributed by atoms with Crippen LogP contribution in [0.3, 0.4) is 0 Å². The Morgan fingerprint density at radius 3 is 2.62 bits per heavy atom. The van der Waals surface area contributed by atoms with E-state index < -0.39 is 8.46 Å². The number of hydrogen-bond acceptors (Lipinski definition) is 2. The number of carbonyl (C=O) groups is 1. The molecule has 1 atom stereocenters. The summed E-state index contributed by atoms with van der Waals surface area (Å²) in [5, 5.41) is 0. The molecule has 0 aliphatic carbocycles. The lowest BCUT2D eigenvalue weighted by Crippen LogP contribution is -1.83. The van der Waals surface area contributed by atoms with Crippen LogP contribution in [0.1, 0.15) is 26.2 Å². The standard InChI is InChI=1S/C5H10O2P/c1-2-3-4-5(6)8-7/h8H,2-4H2,1H3. The molecule has 0 rings (SSSR count). The maximum Gasteiger partial charge on any atom is 0.208 e. The molecule has 1 radical (unpaired) electrons. The summed E-state index contributed by atoms with van der Waals surface area (Å²) in [7, 11) is -0.748. The molecule has 0 aromatic rings. The van der Waals surface area contributed by atoms with Crippen molar-refractivity contribution >= 4 is 14.0 Å². The van der Waals surface area contributed by atoms with Crippen molar-refractivity contribution in [2.24, 2.45) is 0 Å². The van der Waals surface area contributed by atoms with Crippen molar-refractivity contribution < 1.29 is 9.36 Å². The Morgan fingerprint density at radius 1 is 1.62 bits per heavy atom. The smallest absolute Gasteiger partial charge is 0.208 e. The van der Waals surface area contributed by atoms with E-state index in [1.54, 1.807) is 0 Å². The lowest BCUT2D eigenvalue weighted by Gasteiger charge is -1.85. The van der Waals surface area contributed by atoms with E-state index in [9.17, 15) is 9.36 Å². The Kier molecular flexibility index (Phi) is 4.78. The molecule has 0 aromatic carbocycles. The second-order valence-electron chi connectivity index (χ2n) is 1.63. The fraction of sp³-hybridized carbons (Fsp3) is 0.800. The molecular formula is C5H10O2P. The summed E-state index contributed by atoms with van der Waals surface area (Å²) in [6.07, 6.45) is 2.35. The fourth-order valence-electron chi connectivity index (χ4n) is 0.388. The molecule has 2 nitrogen and oxygen atoms in total. The molecule has 3 heteroatoms. The number of hydrogen-bond donors (Lipinski definition) is 0. The highest BCUT2D eigenvalue weighted by Crippen LogP contribution is 2.03. The van der Waals surface area contributed by atoms with Crippen molar-refractivity contribution in [3.8, 4) is 0 Å². The Hall–Kier alpha value is -0.230. The Morgan fingerprint density at radius 2 is 2.25 bits per heavy atom. The van der Waals surface area contributed by atoms with Gasteiger partial charge in [0.05, 0.1) is 0 Å². The first-order valence-electron chi connectivity index (χ1n) is 2.72. The van der Waals surface area contributed by atoms with Crippen molar-refractivity contribution in [3.63, 3.8) is 0 Å². The van der Waals surface area contributed by atoms with Gasteiger partial charge in [-0.3, -0.25) is 9.36 Å². The molecular weight excluding hydrogens is 123 g/mol. The second kappa shape index (κ2) is 4.92. The predicted octanol–water partition coefficient (Wildman–Crippen LogP) is 1.73. The molecule has 1 unspecified atom stereocenters. The van der Waals surface area contributed by atoms with Crippen molar-refractivity contribution in [3.05, 3.63) is 0 Å². The van der Waals surface area contributed by atoms with E-state index >= 15 is 0 Å². The van der Waals surface area contributed by atoms with Gasteiger partial charge in [0, 0.05) is 6.42 Å². The maximum atomic E-state index is 10.3. The molecule has 0 fully saturated rings. The van der Waals surface area contributed by atoms with E-state index in [0.29, 0.717) is 6.42 Å². The third kappa shape index (κ3) is 3.94. The largest absolute Gasteiger partial charge is 0.287 e. The quantitative estimate of drug-likeness (QED) is 0.547. The Bertz CT molecular complexity index is 90.4. The maximum absolute atomic E-state index is 10.3. The minimum absolute atomic E-state index is 0.133. The Labute approximate surface area is 50.5 Å². The van der Waals surface area contributed by atoms with Crippen LogP contribution >= 0.6 is 8.46 Å². The van der Waals surface area contributed by atoms with Crippen LogP contribution in [0.25, 0.3) is 0 Å². The van der Waals surface area contributed by atoms with Gasteiger partial charge in [-0.1, -0.05) is 13.3 Å². The minimum atomic E-state index is -0.748. The molecule has 0 saturated heterocycles. The Balaban J connectivity index is 3.11. The lowest BCUT2D eigenvalue weighted by atomic mass is 10.3. The molecule has 0 spiro atoms. The van der Waals surface area contributed by atoms with Crippen molar-refractivity contribution in [1.29, 1.82) is 0 Å². The van der Waals surface area contributed by atoms with Gasteiger partial charge in [0.25, 0.3) is 0 Å². The highest BCUT2D eigenvalue weighted by molar-refractivity contribution is 7.46. The average Bonchev–Trinajstić information content (AvgIpc) is 1.83. The summed E-state index contributed by atoms with van der Waals surface area (Å²) < 4.78 is 9.81. The zero-order valence-corrected chi connectivity index (χ0v) is 5.94. The number of unbranched alkanes of at least 4 members (excludes halogenated alkanes) is 1. The monoisotopic (exact) mass is 133 g/mol. The van der Waals surface area contributed by atoms with Gasteiger partial charge in [-0.15, -0.1) is 0 Å². The summed E-state index contributed by atoms with van der Waals surface area (Å²) >= 11 is 0. The van der Waals surface area contributed by atoms with Crippen LogP contribution in [0.15, 0.2) is 0 Å². The predicted molar refractivity (Wildman–Crippen MR) is 33.5 cm³/mol. The molecule has 0 heterocycles. The normalized spacial score (nSPS) is 9.62. The van der Waals surface area contributed by atoms with Gasteiger partial charge in [0.15, 0.2) is 0 Å². The molecule has 0 bridgehead atoms. The summed E-state index contributed by atoms with van der Waals surface area (Å²) in [5.41, 5.74) is -0.133. The number of carbonyl (C=O) groups excluding carboxylic acids is 1. The van der Waals surface area contributed by atoms with Gasteiger partial charge < -0.3 is 0 Å². The highest BCUT2D eigenvalue weighted by Gasteiger charge is 1.94. The third-order valence-corrected chi connectivity index (χ3v) is 1.35. The van der Waals surface area contributed by atoms with Crippen molar-refractivity contribution in [2.45, 2.75) is 26.2 Å². The molecule has 0 saturated carbocycles. The molecule has 0 N–H and O–H groups in total. The van der Waals surface area contributed by atoms with Crippen LogP contribution in [0.2, 0.25) is 0 Å². The summed E-state index contributed by atoms with van der Waals surface area (Å²) in [6.45, 7) is 2.00. The van der Waals surface area contributed by atoms with Crippen LogP contribution in [0.5, 0.6) is 0 Å². The summed E-state index contributed by atoms with van der Waals surface area (Å²) in [5.74, 6) is 0. The average molecular weight is 133 g/mol. The van der Waals surface area contributed by atoms with E-state index in [1.165, 1.54) is 0 Å². The second-order valence-corrected chi connectivity index (χ2v) is 2.39. The molecule has 8 heavy (non-hydrogen) atoms. The molecule has 0 aromatic heterocycles. The van der Waals surface area contributed by atoms with Crippen LogP contribution in [-0.2, 0) is 9.36 Å². The summed E-state index contributed by atoms with van der Waals surface area (Å²) in [4.78, 5) is 10.3. The van der Waals surface area contributed by atoms with Crippen LogP contribution in [-0.4, -0.2) is 5.52 Å². The van der Waals surface area contributed by atoms with Crippen LogP contribution in [0, 0.1) is 0 Å². The van der Waals surface area contributed by atoms with E-state index in [0.717, 1.165) is 12.8 Å². The first kappa shape index (κ1) is 7.77. The van der Waals surface area contributed by atoms with Crippen LogP contribution < -0.4 is 0 Å². The van der Waals surface area contributed by atoms with Gasteiger partial charge in [-0.25, -0.2) is 0 Å². The first-order valence-corrected chi connectivity index (χ1v) is 3.63. The third-order valence-electron chi connectivity index (χ3n) is 0.871. The van der Waals surface area contributed by atoms with E-state index in [1.807, 2.05) is 6.92 Å². The van der Waals surface area contributed by atoms with Gasteiger partial charge in [-0.2, -0.15) is 0 Å². The van der Waals surface area contributed by atoms with E-state index in [4.69, 9.17) is 0 Å². The lowest BCUT2D eigenvalue weighted by molar-refractivity contribution is -0.111. The minimum Gasteiger partial charge on any atom is -0.287 e. The fourth-order valence-corrected chi connectivity index (χ4v) is 0.667. The van der Waals surface area contributed by atoms with Crippen molar-refractivity contribution in [1.82, 2.24) is 0 Å². The molecule has 47 valence electrons. The topological polar surface area (TPSA) is 34.1 Å². The molecule has 0 amide bonds. The number of rotatable bonds is 4. The zero-order valence-electron chi connectivity index (χ0n) is 4.94. The molecule has 0 aliphatic heterocycles. The molecule has 0 aliphatic rings. The van der Waals surface area contributed by atoms with Gasteiger partial charge >= 0.3 is 0 Å². The highest BCUT2D eigenvalue weighted by atomic mass is 31.1. The SMILES string of the molecule is CCCCC(=O)[PH]=O. The van der Waals surface area contributed by atoms with E-state index in [-0.39, 0.29) is 5.52 Å². The first-order chi connectivity index (χ1) is 3.81. The van der Waals surface area contributed by atoms with E-state index in [2.05, 4.69) is 0 Å². The van der Waals surface area contributed by atoms with Gasteiger partial charge in [0.1, 0.15) is 8.46 Å².